The summed E-state index contributed by atoms with van der Waals surface area (Å²) in [6.07, 6.45) is 2.49. The van der Waals surface area contributed by atoms with E-state index in [1.807, 2.05) is 55.5 Å². The molecule has 3 amide bonds. The zero-order valence-corrected chi connectivity index (χ0v) is 21.6. The molecule has 2 heterocycles. The van der Waals surface area contributed by atoms with Crippen molar-refractivity contribution in [2.75, 3.05) is 13.1 Å². The molecule has 1 fully saturated rings. The van der Waals surface area contributed by atoms with Crippen molar-refractivity contribution in [3.8, 4) is 11.1 Å². The van der Waals surface area contributed by atoms with Crippen LogP contribution in [0.15, 0.2) is 79.0 Å². The van der Waals surface area contributed by atoms with Crippen molar-refractivity contribution in [3.05, 3.63) is 90.3 Å². The normalized spacial score (nSPS) is 16.8. The van der Waals surface area contributed by atoms with Crippen molar-refractivity contribution in [1.82, 2.24) is 20.9 Å². The maximum Gasteiger partial charge on any atom is 0.253 e. The van der Waals surface area contributed by atoms with Gasteiger partial charge < -0.3 is 20.7 Å². The summed E-state index contributed by atoms with van der Waals surface area (Å²) >= 11 is 0. The van der Waals surface area contributed by atoms with Gasteiger partial charge in [0.05, 0.1) is 0 Å². The average molecular weight is 515 g/mol. The maximum atomic E-state index is 12.6. The number of hydrogen-bond acceptors (Lipinski definition) is 5. The minimum Gasteiger partial charge on any atom is -0.354 e. The fourth-order valence-electron chi connectivity index (χ4n) is 4.23. The number of nitrogens with one attached hydrogen (secondary N) is 3. The SMILES string of the molecule is CCC[C@H](NC(=O)C1O[C@@H]1C(=O)NCCc1ccc(-c2ccccc2)cc1)C(=O)NCCc1ccccn1. The van der Waals surface area contributed by atoms with E-state index in [-0.39, 0.29) is 11.8 Å². The third-order valence-corrected chi connectivity index (χ3v) is 6.40. The molecule has 3 aromatic rings. The first-order chi connectivity index (χ1) is 18.5. The van der Waals surface area contributed by atoms with Gasteiger partial charge in [-0.05, 0) is 41.7 Å². The van der Waals surface area contributed by atoms with E-state index >= 15 is 0 Å². The first kappa shape index (κ1) is 27.0. The third kappa shape index (κ3) is 7.73. The summed E-state index contributed by atoms with van der Waals surface area (Å²) in [7, 11) is 0. The Labute approximate surface area is 223 Å². The first-order valence-corrected chi connectivity index (χ1v) is 13.1. The fraction of sp³-hybridized carbons (Fsp3) is 0.333. The Bertz CT molecular complexity index is 1200. The smallest absolute Gasteiger partial charge is 0.253 e. The number of rotatable bonds is 13. The topological polar surface area (TPSA) is 113 Å². The van der Waals surface area contributed by atoms with Crippen molar-refractivity contribution in [2.45, 2.75) is 50.9 Å². The van der Waals surface area contributed by atoms with Crippen LogP contribution >= 0.6 is 0 Å². The van der Waals surface area contributed by atoms with Crippen LogP contribution < -0.4 is 16.0 Å². The Kier molecular flexibility index (Phi) is 9.59. The molecule has 1 unspecified atom stereocenters. The number of benzene rings is 2. The van der Waals surface area contributed by atoms with E-state index < -0.39 is 24.2 Å². The minimum absolute atomic E-state index is 0.254. The zero-order valence-electron chi connectivity index (χ0n) is 21.6. The first-order valence-electron chi connectivity index (χ1n) is 13.1. The summed E-state index contributed by atoms with van der Waals surface area (Å²) in [6, 6.07) is 23.3. The Balaban J connectivity index is 1.17. The van der Waals surface area contributed by atoms with Crippen LogP contribution in [0.4, 0.5) is 0 Å². The van der Waals surface area contributed by atoms with E-state index in [4.69, 9.17) is 4.74 Å². The molecule has 38 heavy (non-hydrogen) atoms. The number of carbonyl (C=O) groups is 3. The molecule has 0 bridgehead atoms. The molecular weight excluding hydrogens is 480 g/mol. The van der Waals surface area contributed by atoms with E-state index in [9.17, 15) is 14.4 Å². The lowest BCUT2D eigenvalue weighted by Crippen LogP contribution is -2.49. The van der Waals surface area contributed by atoms with Gasteiger partial charge in [0.2, 0.25) is 5.91 Å². The molecule has 1 saturated heterocycles. The van der Waals surface area contributed by atoms with Gasteiger partial charge in [0.1, 0.15) is 6.04 Å². The molecule has 2 aromatic carbocycles. The van der Waals surface area contributed by atoms with Gasteiger partial charge in [0.15, 0.2) is 12.2 Å². The van der Waals surface area contributed by atoms with Crippen LogP contribution in [0.1, 0.15) is 31.0 Å². The van der Waals surface area contributed by atoms with Crippen LogP contribution in [-0.4, -0.2) is 54.0 Å². The highest BCUT2D eigenvalue weighted by Crippen LogP contribution is 2.23. The van der Waals surface area contributed by atoms with E-state index in [0.29, 0.717) is 32.4 Å². The number of pyridine rings is 1. The third-order valence-electron chi connectivity index (χ3n) is 6.40. The molecule has 1 aliphatic heterocycles. The van der Waals surface area contributed by atoms with Gasteiger partial charge in [-0.15, -0.1) is 0 Å². The lowest BCUT2D eigenvalue weighted by atomic mass is 10.0. The van der Waals surface area contributed by atoms with Crippen molar-refractivity contribution in [1.29, 1.82) is 0 Å². The predicted molar refractivity (Wildman–Crippen MR) is 145 cm³/mol. The van der Waals surface area contributed by atoms with Gasteiger partial charge in [-0.3, -0.25) is 19.4 Å². The molecule has 1 aliphatic rings. The second-order valence-electron chi connectivity index (χ2n) is 9.29. The van der Waals surface area contributed by atoms with E-state index in [0.717, 1.165) is 28.8 Å². The van der Waals surface area contributed by atoms with Crippen LogP contribution in [0, 0.1) is 0 Å². The molecule has 1 aromatic heterocycles. The van der Waals surface area contributed by atoms with Gasteiger partial charge in [-0.2, -0.15) is 0 Å². The number of carbonyl (C=O) groups excluding carboxylic acids is 3. The van der Waals surface area contributed by atoms with E-state index in [1.54, 1.807) is 6.20 Å². The Morgan fingerprint density at radius 3 is 2.21 bits per heavy atom. The van der Waals surface area contributed by atoms with Crippen molar-refractivity contribution >= 4 is 17.7 Å². The predicted octanol–water partition coefficient (Wildman–Crippen LogP) is 2.82. The second-order valence-corrected chi connectivity index (χ2v) is 9.29. The van der Waals surface area contributed by atoms with E-state index in [1.165, 1.54) is 0 Å². The molecule has 0 aliphatic carbocycles. The quantitative estimate of drug-likeness (QED) is 0.304. The fourth-order valence-corrected chi connectivity index (χ4v) is 4.23. The highest BCUT2D eigenvalue weighted by molar-refractivity contribution is 5.97. The van der Waals surface area contributed by atoms with Crippen molar-refractivity contribution in [2.24, 2.45) is 0 Å². The van der Waals surface area contributed by atoms with E-state index in [2.05, 4.69) is 45.2 Å². The summed E-state index contributed by atoms with van der Waals surface area (Å²) in [5.41, 5.74) is 4.29. The van der Waals surface area contributed by atoms with Gasteiger partial charge >= 0.3 is 0 Å². The number of nitrogens with zero attached hydrogens (tertiary/aromatic N) is 1. The summed E-state index contributed by atoms with van der Waals surface area (Å²) in [4.78, 5) is 42.0. The molecular formula is C30H34N4O4. The Hall–Kier alpha value is -4.04. The molecule has 8 heteroatoms. The monoisotopic (exact) mass is 514 g/mol. The summed E-state index contributed by atoms with van der Waals surface area (Å²) in [6.45, 7) is 2.81. The molecule has 0 saturated carbocycles. The molecule has 8 nitrogen and oxygen atoms in total. The molecule has 0 radical (unpaired) electrons. The largest absolute Gasteiger partial charge is 0.354 e. The highest BCUT2D eigenvalue weighted by atomic mass is 16.6. The van der Waals surface area contributed by atoms with Crippen LogP contribution in [-0.2, 0) is 32.0 Å². The molecule has 3 atom stereocenters. The van der Waals surface area contributed by atoms with Gasteiger partial charge in [0, 0.05) is 31.4 Å². The number of amides is 3. The van der Waals surface area contributed by atoms with Crippen LogP contribution in [0.25, 0.3) is 11.1 Å². The van der Waals surface area contributed by atoms with Gasteiger partial charge in [0.25, 0.3) is 11.8 Å². The maximum absolute atomic E-state index is 12.6. The number of epoxide rings is 1. The minimum atomic E-state index is -0.874. The average Bonchev–Trinajstić information content (AvgIpc) is 3.76. The number of ether oxygens (including phenoxy) is 1. The lowest BCUT2D eigenvalue weighted by molar-refractivity contribution is -0.129. The lowest BCUT2D eigenvalue weighted by Gasteiger charge is -2.17. The molecule has 0 spiro atoms. The summed E-state index contributed by atoms with van der Waals surface area (Å²) in [5, 5.41) is 8.44. The van der Waals surface area contributed by atoms with Crippen molar-refractivity contribution in [3.63, 3.8) is 0 Å². The molecule has 4 rings (SSSR count). The molecule has 198 valence electrons. The highest BCUT2D eigenvalue weighted by Gasteiger charge is 2.50. The Morgan fingerprint density at radius 1 is 0.816 bits per heavy atom. The van der Waals surface area contributed by atoms with Crippen LogP contribution in [0.5, 0.6) is 0 Å². The van der Waals surface area contributed by atoms with Crippen molar-refractivity contribution < 1.29 is 19.1 Å². The molecule has 3 N–H and O–H groups in total. The number of aromatic nitrogens is 1. The summed E-state index contributed by atoms with van der Waals surface area (Å²) in [5.74, 6) is -1.02. The standard InChI is InChI=1S/C30H34N4O4/c1-2-8-25(28(35)32-20-17-24-11-6-7-18-31-24)34-30(37)27-26(38-27)29(36)33-19-16-21-12-14-23(15-13-21)22-9-4-3-5-10-22/h3-7,9-15,18,25-27H,2,8,16-17,19-20H2,1H3,(H,32,35)(H,33,36)(H,34,37)/t25-,26-,27?/m0/s1. The van der Waals surface area contributed by atoms with Crippen LogP contribution in [0.3, 0.4) is 0 Å². The zero-order chi connectivity index (χ0) is 26.7. The Morgan fingerprint density at radius 2 is 1.50 bits per heavy atom. The number of hydrogen-bond donors (Lipinski definition) is 3. The summed E-state index contributed by atoms with van der Waals surface area (Å²) < 4.78 is 5.34. The van der Waals surface area contributed by atoms with Gasteiger partial charge in [-0.25, -0.2) is 0 Å². The van der Waals surface area contributed by atoms with Gasteiger partial charge in [-0.1, -0.05) is 74.0 Å². The second kappa shape index (κ2) is 13.5. The van der Waals surface area contributed by atoms with Crippen LogP contribution in [0.2, 0.25) is 0 Å².